The number of nitriles is 1. The number of pyridine rings is 1. The van der Waals surface area contributed by atoms with E-state index in [1.54, 1.807) is 20.0 Å². The van der Waals surface area contributed by atoms with E-state index in [2.05, 4.69) is 25.6 Å². The van der Waals surface area contributed by atoms with E-state index in [1.165, 1.54) is 19.2 Å². The number of nitrogens with zero attached hydrogens (tertiary/aromatic N) is 4. The molecule has 150 valence electrons. The van der Waals surface area contributed by atoms with Crippen LogP contribution < -0.4 is 20.6 Å². The number of nitrogens with one attached hydrogen (secondary N) is 3. The van der Waals surface area contributed by atoms with Crippen molar-refractivity contribution in [2.24, 2.45) is 0 Å². The largest absolute Gasteiger partial charge is 0.452 e. The lowest BCUT2D eigenvalue weighted by atomic mass is 10.0. The van der Waals surface area contributed by atoms with Gasteiger partial charge in [-0.2, -0.15) is 9.93 Å². The molecule has 0 spiro atoms. The summed E-state index contributed by atoms with van der Waals surface area (Å²) in [6.45, 7) is 4.17. The van der Waals surface area contributed by atoms with Gasteiger partial charge >= 0.3 is 11.9 Å². The number of hydrogen-bond donors (Lipinski definition) is 3. The summed E-state index contributed by atoms with van der Waals surface area (Å²) in [5.41, 5.74) is 1.50. The third-order valence-corrected chi connectivity index (χ3v) is 6.30. The van der Waals surface area contributed by atoms with Crippen molar-refractivity contribution >= 4 is 39.2 Å². The van der Waals surface area contributed by atoms with Crippen molar-refractivity contribution in [1.82, 2.24) is 24.6 Å². The molecule has 0 radical (unpaired) electrons. The molecule has 12 heteroatoms. The zero-order valence-electron chi connectivity index (χ0n) is 15.8. The molecule has 2 aliphatic rings. The summed E-state index contributed by atoms with van der Waals surface area (Å²) < 4.78 is 30.2. The lowest BCUT2D eigenvalue weighted by Gasteiger charge is -2.29. The molecule has 1 aromatic rings. The van der Waals surface area contributed by atoms with Gasteiger partial charge in [-0.25, -0.2) is 22.8 Å². The molecule has 3 amide bonds. The van der Waals surface area contributed by atoms with Crippen LogP contribution >= 0.6 is 0 Å². The third kappa shape index (κ3) is 3.69. The van der Waals surface area contributed by atoms with E-state index >= 15 is 0 Å². The minimum Gasteiger partial charge on any atom is -0.348 e. The van der Waals surface area contributed by atoms with Gasteiger partial charge in [0, 0.05) is 13.1 Å². The molecule has 0 saturated heterocycles. The quantitative estimate of drug-likeness (QED) is 0.551. The standard InChI is InChI=1S/C17H17N7O4S/c1-9-12(7-20-14(6-18)21-9)10(2)22-15(25)8-24-17(26)23-13-4-5-19-11(3)16(13)29(24,27)28/h4-5,7,10H,8H2,1-3H3,(H2,19,22,23,25,26)/p+1/t10-/m1/s1. The summed E-state index contributed by atoms with van der Waals surface area (Å²) in [6, 6.07) is 1.80. The van der Waals surface area contributed by atoms with E-state index < -0.39 is 34.5 Å². The molecule has 0 aliphatic carbocycles. The summed E-state index contributed by atoms with van der Waals surface area (Å²) in [7, 11) is -4.23. The molecule has 2 aliphatic heterocycles. The maximum absolute atomic E-state index is 12.9. The van der Waals surface area contributed by atoms with Gasteiger partial charge in [0.2, 0.25) is 17.7 Å². The third-order valence-electron chi connectivity index (χ3n) is 4.40. The number of fused-ring (bicyclic) bond motifs is 1. The second kappa shape index (κ2) is 7.38. The Morgan fingerprint density at radius 2 is 2.17 bits per heavy atom. The van der Waals surface area contributed by atoms with Crippen LogP contribution in [0.5, 0.6) is 0 Å². The number of amides is 3. The van der Waals surface area contributed by atoms with Gasteiger partial charge in [-0.15, -0.1) is 0 Å². The first-order valence-corrected chi connectivity index (χ1v) is 9.97. The van der Waals surface area contributed by atoms with Crippen LogP contribution in [0, 0.1) is 18.3 Å². The number of anilines is 1. The van der Waals surface area contributed by atoms with Gasteiger partial charge in [0.15, 0.2) is 0 Å². The predicted octanol–water partition coefficient (Wildman–Crippen LogP) is -0.632. The second-order valence-corrected chi connectivity index (χ2v) is 8.20. The normalized spacial score (nSPS) is 18.1. The van der Waals surface area contributed by atoms with E-state index in [0.717, 1.165) is 0 Å². The van der Waals surface area contributed by atoms with Gasteiger partial charge in [-0.05, 0) is 19.9 Å². The number of urea groups is 1. The van der Waals surface area contributed by atoms with E-state index in [0.29, 0.717) is 15.6 Å². The maximum atomic E-state index is 12.9. The highest BCUT2D eigenvalue weighted by atomic mass is 32.2. The SMILES string of the molecule is CC1=[N+]=C(C#N)NC=C1[C@@H](C)NC(=O)CN1C(=O)Nc2ccnc(C)c2S1(=O)=O. The molecular formula is C17H18N7O4S+. The van der Waals surface area contributed by atoms with Crippen LogP contribution in [-0.2, 0) is 14.8 Å². The number of carbonyl (C=O) groups excluding carboxylic acids is 2. The molecule has 3 N–H and O–H groups in total. The molecule has 29 heavy (non-hydrogen) atoms. The maximum Gasteiger partial charge on any atom is 0.452 e. The number of carbonyl (C=O) groups is 2. The number of aromatic nitrogens is 1. The van der Waals surface area contributed by atoms with Gasteiger partial charge in [-0.1, -0.05) is 0 Å². The van der Waals surface area contributed by atoms with Gasteiger partial charge in [-0.3, -0.25) is 9.78 Å². The fourth-order valence-electron chi connectivity index (χ4n) is 3.04. The van der Waals surface area contributed by atoms with Crippen LogP contribution in [0.25, 0.3) is 0 Å². The monoisotopic (exact) mass is 416 g/mol. The fourth-order valence-corrected chi connectivity index (χ4v) is 4.63. The number of hydrogen-bond acceptors (Lipinski definition) is 7. The van der Waals surface area contributed by atoms with Crippen LogP contribution in [0.15, 0.2) is 28.9 Å². The van der Waals surface area contributed by atoms with Crippen molar-refractivity contribution in [3.8, 4) is 6.07 Å². The van der Waals surface area contributed by atoms with Crippen molar-refractivity contribution in [3.05, 3.63) is 29.7 Å². The molecule has 3 heterocycles. The summed E-state index contributed by atoms with van der Waals surface area (Å²) >= 11 is 0. The molecule has 0 unspecified atom stereocenters. The van der Waals surface area contributed by atoms with Crippen molar-refractivity contribution < 1.29 is 18.0 Å². The first-order valence-electron chi connectivity index (χ1n) is 8.53. The molecule has 0 fully saturated rings. The Morgan fingerprint density at radius 3 is 2.83 bits per heavy atom. The summed E-state index contributed by atoms with van der Waals surface area (Å²) in [4.78, 5) is 28.6. The van der Waals surface area contributed by atoms with Crippen LogP contribution in [0.3, 0.4) is 0 Å². The molecule has 1 aromatic heterocycles. The Kier molecular flexibility index (Phi) is 5.11. The molecule has 3 rings (SSSR count). The van der Waals surface area contributed by atoms with Gasteiger partial charge in [0.05, 0.1) is 23.0 Å². The number of sulfonamides is 1. The highest BCUT2D eigenvalue weighted by molar-refractivity contribution is 7.90. The van der Waals surface area contributed by atoms with Crippen molar-refractivity contribution in [2.75, 3.05) is 11.9 Å². The van der Waals surface area contributed by atoms with Gasteiger partial charge in [0.25, 0.3) is 10.0 Å². The van der Waals surface area contributed by atoms with Crippen LogP contribution in [0.4, 0.5) is 10.5 Å². The Balaban J connectivity index is 1.78. The van der Waals surface area contributed by atoms with Crippen LogP contribution in [0.1, 0.15) is 19.5 Å². The summed E-state index contributed by atoms with van der Waals surface area (Å²) in [5.74, 6) is -0.548. The van der Waals surface area contributed by atoms with Crippen LogP contribution in [0.2, 0.25) is 0 Å². The Labute approximate surface area is 166 Å². The number of aryl methyl sites for hydroxylation is 1. The number of amidine groups is 1. The predicted molar refractivity (Wildman–Crippen MR) is 104 cm³/mol. The van der Waals surface area contributed by atoms with Crippen LogP contribution in [-0.4, -0.2) is 53.8 Å². The Morgan fingerprint density at radius 1 is 1.45 bits per heavy atom. The lowest BCUT2D eigenvalue weighted by molar-refractivity contribution is -0.121. The second-order valence-electron chi connectivity index (χ2n) is 6.41. The first kappa shape index (κ1) is 20.1. The molecule has 11 nitrogen and oxygen atoms in total. The van der Waals surface area contributed by atoms with Crippen molar-refractivity contribution in [2.45, 2.75) is 31.7 Å². The Hall–Kier alpha value is -3.68. The fraction of sp³-hybridized carbons (Fsp3) is 0.294. The zero-order valence-corrected chi connectivity index (χ0v) is 16.7. The van der Waals surface area contributed by atoms with Crippen molar-refractivity contribution in [1.29, 1.82) is 5.26 Å². The van der Waals surface area contributed by atoms with E-state index in [1.807, 2.05) is 6.07 Å². The lowest BCUT2D eigenvalue weighted by Crippen LogP contribution is -2.50. The minimum atomic E-state index is -4.23. The van der Waals surface area contributed by atoms with Crippen molar-refractivity contribution in [3.63, 3.8) is 0 Å². The van der Waals surface area contributed by atoms with E-state index in [-0.39, 0.29) is 22.1 Å². The summed E-state index contributed by atoms with van der Waals surface area (Å²) in [5, 5.41) is 16.7. The minimum absolute atomic E-state index is 0.127. The van der Waals surface area contributed by atoms with E-state index in [4.69, 9.17) is 5.26 Å². The average molecular weight is 416 g/mol. The first-order chi connectivity index (χ1) is 13.6. The Bertz CT molecular complexity index is 1160. The molecule has 0 bridgehead atoms. The topological polar surface area (TPSA) is 158 Å². The molecule has 0 aromatic carbocycles. The molecule has 1 atom stereocenters. The average Bonchev–Trinajstić information content (AvgIpc) is 2.64. The molecular weight excluding hydrogens is 398 g/mol. The highest BCUT2D eigenvalue weighted by Crippen LogP contribution is 2.31. The number of rotatable bonds is 4. The zero-order chi connectivity index (χ0) is 21.3. The van der Waals surface area contributed by atoms with Gasteiger partial charge < -0.3 is 10.6 Å². The highest BCUT2D eigenvalue weighted by Gasteiger charge is 2.39. The molecule has 0 saturated carbocycles. The summed E-state index contributed by atoms with van der Waals surface area (Å²) in [6.07, 6.45) is 2.93. The van der Waals surface area contributed by atoms with Gasteiger partial charge in [0.1, 0.15) is 17.6 Å². The van der Waals surface area contributed by atoms with E-state index in [9.17, 15) is 18.0 Å². The smallest absolute Gasteiger partial charge is 0.348 e.